The number of rotatable bonds is 4. The van der Waals surface area contributed by atoms with Gasteiger partial charge >= 0.3 is 6.18 Å². The molecule has 26 heavy (non-hydrogen) atoms. The monoisotopic (exact) mass is 369 g/mol. The number of primary amides is 1. The fourth-order valence-corrected chi connectivity index (χ4v) is 2.85. The molecule has 0 radical (unpaired) electrons. The van der Waals surface area contributed by atoms with E-state index >= 15 is 0 Å². The minimum atomic E-state index is -4.47. The molecule has 9 heteroatoms. The molecule has 138 valence electrons. The lowest BCUT2D eigenvalue weighted by Gasteiger charge is -2.21. The molecule has 2 aromatic rings. The van der Waals surface area contributed by atoms with Gasteiger partial charge in [0.05, 0.1) is 23.4 Å². The Kier molecular flexibility index (Phi) is 4.71. The van der Waals surface area contributed by atoms with E-state index in [1.807, 2.05) is 0 Å². The molecule has 1 aromatic heterocycles. The maximum Gasteiger partial charge on any atom is 0.417 e. The number of carbonyl (C=O) groups excluding carboxylic acids is 1. The van der Waals surface area contributed by atoms with E-state index in [-0.39, 0.29) is 23.7 Å². The molecule has 1 aromatic carbocycles. The number of para-hydroxylation sites is 1. The zero-order valence-corrected chi connectivity index (χ0v) is 13.5. The Labute approximate surface area is 146 Å². The maximum atomic E-state index is 14.2. The summed E-state index contributed by atoms with van der Waals surface area (Å²) in [6.07, 6.45) is -3.68. The van der Waals surface area contributed by atoms with Crippen molar-refractivity contribution in [3.8, 4) is 5.88 Å². The Hall–Kier alpha value is -2.84. The summed E-state index contributed by atoms with van der Waals surface area (Å²) in [6, 6.07) is 6.09. The number of anilines is 1. The van der Waals surface area contributed by atoms with Gasteiger partial charge in [-0.25, -0.2) is 9.37 Å². The Morgan fingerprint density at radius 3 is 2.65 bits per heavy atom. The molecule has 0 unspecified atom stereocenters. The number of hydrogen-bond acceptors (Lipinski definition) is 4. The number of hydrogen-bond donors (Lipinski definition) is 1. The van der Waals surface area contributed by atoms with E-state index < -0.39 is 29.6 Å². The Morgan fingerprint density at radius 1 is 1.27 bits per heavy atom. The molecule has 3 rings (SSSR count). The fraction of sp³-hybridized carbons (Fsp3) is 0.294. The first-order chi connectivity index (χ1) is 12.3. The number of halogens is 4. The Balaban J connectivity index is 1.71. The fourth-order valence-electron chi connectivity index (χ4n) is 2.85. The summed E-state index contributed by atoms with van der Waals surface area (Å²) in [5.41, 5.74) is 4.60. The summed E-state index contributed by atoms with van der Waals surface area (Å²) in [6.45, 7) is 0.663. The predicted molar refractivity (Wildman–Crippen MR) is 85.4 cm³/mol. The van der Waals surface area contributed by atoms with Gasteiger partial charge < -0.3 is 15.4 Å². The van der Waals surface area contributed by atoms with Gasteiger partial charge in [0.15, 0.2) is 0 Å². The molecule has 1 saturated heterocycles. The second kappa shape index (κ2) is 6.81. The van der Waals surface area contributed by atoms with Crippen LogP contribution >= 0.6 is 0 Å². The van der Waals surface area contributed by atoms with Gasteiger partial charge in [0.1, 0.15) is 11.9 Å². The summed E-state index contributed by atoms with van der Waals surface area (Å²) < 4.78 is 57.4. The molecule has 2 N–H and O–H groups in total. The maximum absolute atomic E-state index is 14.2. The lowest BCUT2D eigenvalue weighted by Crippen LogP contribution is -2.28. The van der Waals surface area contributed by atoms with Crippen LogP contribution in [0.5, 0.6) is 5.88 Å². The van der Waals surface area contributed by atoms with Crippen LogP contribution in [0.25, 0.3) is 0 Å². The van der Waals surface area contributed by atoms with Crippen molar-refractivity contribution in [1.82, 2.24) is 4.98 Å². The van der Waals surface area contributed by atoms with E-state index in [9.17, 15) is 22.4 Å². The number of nitrogens with zero attached hydrogens (tertiary/aromatic N) is 2. The third-order valence-corrected chi connectivity index (χ3v) is 4.06. The van der Waals surface area contributed by atoms with Gasteiger partial charge in [-0.2, -0.15) is 13.2 Å². The summed E-state index contributed by atoms with van der Waals surface area (Å²) in [7, 11) is 0. The van der Waals surface area contributed by atoms with E-state index in [0.29, 0.717) is 19.2 Å². The highest BCUT2D eigenvalue weighted by Gasteiger charge is 2.32. The first-order valence-corrected chi connectivity index (χ1v) is 7.79. The van der Waals surface area contributed by atoms with Crippen LogP contribution in [0.3, 0.4) is 0 Å². The second-order valence-corrected chi connectivity index (χ2v) is 5.86. The van der Waals surface area contributed by atoms with Gasteiger partial charge in [0.2, 0.25) is 5.88 Å². The van der Waals surface area contributed by atoms with Crippen molar-refractivity contribution in [2.45, 2.75) is 18.7 Å². The van der Waals surface area contributed by atoms with Gasteiger partial charge in [-0.05, 0) is 18.2 Å². The van der Waals surface area contributed by atoms with Gasteiger partial charge in [-0.15, -0.1) is 0 Å². The minimum absolute atomic E-state index is 0.0495. The largest absolute Gasteiger partial charge is 0.472 e. The quantitative estimate of drug-likeness (QED) is 0.842. The van der Waals surface area contributed by atoms with E-state index in [2.05, 4.69) is 4.98 Å². The molecule has 1 aliphatic heterocycles. The molecular weight excluding hydrogens is 354 g/mol. The van der Waals surface area contributed by atoms with Crippen molar-refractivity contribution in [3.63, 3.8) is 0 Å². The number of benzene rings is 1. The molecule has 2 heterocycles. The third kappa shape index (κ3) is 3.71. The summed E-state index contributed by atoms with van der Waals surface area (Å²) >= 11 is 0. The van der Waals surface area contributed by atoms with Crippen LogP contribution in [-0.4, -0.2) is 30.1 Å². The Morgan fingerprint density at radius 2 is 2.04 bits per heavy atom. The average Bonchev–Trinajstić information content (AvgIpc) is 3.02. The number of amides is 1. The Bertz CT molecular complexity index is 809. The first-order valence-electron chi connectivity index (χ1n) is 7.79. The van der Waals surface area contributed by atoms with Crippen molar-refractivity contribution in [1.29, 1.82) is 0 Å². The number of ether oxygens (including phenoxy) is 1. The van der Waals surface area contributed by atoms with Crippen molar-refractivity contribution in [2.24, 2.45) is 5.73 Å². The lowest BCUT2D eigenvalue weighted by molar-refractivity contribution is -0.137. The highest BCUT2D eigenvalue weighted by Crippen LogP contribution is 2.31. The van der Waals surface area contributed by atoms with Crippen molar-refractivity contribution >= 4 is 11.6 Å². The SMILES string of the molecule is NC(=O)c1cccc(F)c1N1CC[C@@H](Oc2ccc(C(F)(F)F)cn2)C1. The van der Waals surface area contributed by atoms with Crippen LogP contribution in [0.2, 0.25) is 0 Å². The van der Waals surface area contributed by atoms with Crippen LogP contribution in [0, 0.1) is 5.82 Å². The molecule has 1 fully saturated rings. The normalized spacial score (nSPS) is 17.4. The predicted octanol–water partition coefficient (Wildman–Crippen LogP) is 3.00. The van der Waals surface area contributed by atoms with Crippen LogP contribution < -0.4 is 15.4 Å². The lowest BCUT2D eigenvalue weighted by atomic mass is 10.1. The third-order valence-electron chi connectivity index (χ3n) is 4.06. The van der Waals surface area contributed by atoms with Gasteiger partial charge in [0.25, 0.3) is 5.91 Å². The van der Waals surface area contributed by atoms with Crippen LogP contribution in [0.1, 0.15) is 22.3 Å². The first kappa shape index (κ1) is 18.0. The van der Waals surface area contributed by atoms with Crippen molar-refractivity contribution in [2.75, 3.05) is 18.0 Å². The van der Waals surface area contributed by atoms with Gasteiger partial charge in [-0.3, -0.25) is 4.79 Å². The number of pyridine rings is 1. The number of alkyl halides is 3. The van der Waals surface area contributed by atoms with E-state index in [1.165, 1.54) is 18.2 Å². The number of carbonyl (C=O) groups is 1. The van der Waals surface area contributed by atoms with E-state index in [4.69, 9.17) is 10.5 Å². The molecule has 0 saturated carbocycles. The standard InChI is InChI=1S/C17H15F4N3O2/c18-13-3-1-2-12(16(22)25)15(13)24-7-6-11(9-24)26-14-5-4-10(8-23-14)17(19,20)21/h1-5,8,11H,6-7,9H2,(H2,22,25)/t11-/m1/s1. The second-order valence-electron chi connectivity index (χ2n) is 5.86. The molecule has 5 nitrogen and oxygen atoms in total. The summed E-state index contributed by atoms with van der Waals surface area (Å²) in [5, 5.41) is 0. The zero-order valence-electron chi connectivity index (χ0n) is 13.5. The van der Waals surface area contributed by atoms with Crippen molar-refractivity contribution in [3.05, 3.63) is 53.5 Å². The van der Waals surface area contributed by atoms with Crippen molar-refractivity contribution < 1.29 is 27.1 Å². The van der Waals surface area contributed by atoms with Crippen LogP contribution in [0.15, 0.2) is 36.5 Å². The molecule has 1 amide bonds. The average molecular weight is 369 g/mol. The highest BCUT2D eigenvalue weighted by molar-refractivity contribution is 5.98. The van der Waals surface area contributed by atoms with E-state index in [1.54, 1.807) is 4.90 Å². The van der Waals surface area contributed by atoms with Gasteiger partial charge in [0, 0.05) is 25.2 Å². The highest BCUT2D eigenvalue weighted by atomic mass is 19.4. The molecule has 1 aliphatic rings. The topological polar surface area (TPSA) is 68.5 Å². The van der Waals surface area contributed by atoms with Crippen LogP contribution in [-0.2, 0) is 6.18 Å². The minimum Gasteiger partial charge on any atom is -0.472 e. The summed E-state index contributed by atoms with van der Waals surface area (Å²) in [4.78, 5) is 16.8. The van der Waals surface area contributed by atoms with E-state index in [0.717, 1.165) is 12.1 Å². The molecule has 0 spiro atoms. The zero-order chi connectivity index (χ0) is 18.9. The molecule has 0 bridgehead atoms. The molecular formula is C17H15F4N3O2. The number of nitrogens with two attached hydrogens (primary N) is 1. The molecule has 0 aliphatic carbocycles. The molecule has 1 atom stereocenters. The number of aromatic nitrogens is 1. The summed E-state index contributed by atoms with van der Waals surface area (Å²) in [5.74, 6) is -1.27. The smallest absolute Gasteiger partial charge is 0.417 e. The van der Waals surface area contributed by atoms with Crippen LogP contribution in [0.4, 0.5) is 23.2 Å². The van der Waals surface area contributed by atoms with Gasteiger partial charge in [-0.1, -0.05) is 6.07 Å².